The van der Waals surface area contributed by atoms with E-state index in [2.05, 4.69) is 21.0 Å². The van der Waals surface area contributed by atoms with Crippen molar-refractivity contribution >= 4 is 21.7 Å². The number of ketones is 1. The third-order valence-corrected chi connectivity index (χ3v) is 3.01. The number of Topliss-reactive ketones (excluding diaryl/α,β-unsaturated/α-hetero) is 1. The van der Waals surface area contributed by atoms with Gasteiger partial charge in [0.15, 0.2) is 5.78 Å². The van der Waals surface area contributed by atoms with Crippen molar-refractivity contribution in [2.75, 3.05) is 0 Å². The van der Waals surface area contributed by atoms with Gasteiger partial charge in [0.1, 0.15) is 5.82 Å². The molecule has 88 valence electrons. The summed E-state index contributed by atoms with van der Waals surface area (Å²) in [5, 5.41) is 3.98. The third-order valence-electron chi connectivity index (χ3n) is 2.36. The Hall–Kier alpha value is -1.49. The molecule has 0 amide bonds. The van der Waals surface area contributed by atoms with E-state index in [0.29, 0.717) is 10.0 Å². The fourth-order valence-electron chi connectivity index (χ4n) is 1.52. The first kappa shape index (κ1) is 12.0. The SMILES string of the molecule is Cn1cc(CC(=O)c2ccc(Br)c(F)c2)cn1. The largest absolute Gasteiger partial charge is 0.294 e. The van der Waals surface area contributed by atoms with Crippen molar-refractivity contribution in [3.8, 4) is 0 Å². The van der Waals surface area contributed by atoms with Gasteiger partial charge in [-0.05, 0) is 33.6 Å². The summed E-state index contributed by atoms with van der Waals surface area (Å²) in [7, 11) is 1.78. The normalized spacial score (nSPS) is 10.5. The minimum atomic E-state index is -0.429. The fourth-order valence-corrected chi connectivity index (χ4v) is 1.77. The molecule has 2 aromatic rings. The molecule has 3 nitrogen and oxygen atoms in total. The Balaban J connectivity index is 2.17. The number of hydrogen-bond acceptors (Lipinski definition) is 2. The molecule has 0 fully saturated rings. The molecule has 0 bridgehead atoms. The van der Waals surface area contributed by atoms with Gasteiger partial charge >= 0.3 is 0 Å². The summed E-state index contributed by atoms with van der Waals surface area (Å²) in [6.07, 6.45) is 3.63. The molecule has 0 aliphatic carbocycles. The zero-order chi connectivity index (χ0) is 12.4. The monoisotopic (exact) mass is 296 g/mol. The van der Waals surface area contributed by atoms with Gasteiger partial charge in [0, 0.05) is 25.2 Å². The first-order chi connectivity index (χ1) is 8.06. The van der Waals surface area contributed by atoms with E-state index in [1.54, 1.807) is 30.2 Å². The summed E-state index contributed by atoms with van der Waals surface area (Å²) < 4.78 is 15.3. The highest BCUT2D eigenvalue weighted by atomic mass is 79.9. The number of halogens is 2. The predicted molar refractivity (Wildman–Crippen MR) is 65.3 cm³/mol. The van der Waals surface area contributed by atoms with E-state index >= 15 is 0 Å². The molecule has 0 unspecified atom stereocenters. The number of carbonyl (C=O) groups is 1. The number of nitrogens with zero attached hydrogens (tertiary/aromatic N) is 2. The first-order valence-corrected chi connectivity index (χ1v) is 5.81. The molecule has 0 spiro atoms. The van der Waals surface area contributed by atoms with Crippen LogP contribution in [0.1, 0.15) is 15.9 Å². The second kappa shape index (κ2) is 4.79. The molecule has 2 rings (SSSR count). The highest BCUT2D eigenvalue weighted by Crippen LogP contribution is 2.17. The predicted octanol–water partition coefficient (Wildman–Crippen LogP) is 2.75. The lowest BCUT2D eigenvalue weighted by Crippen LogP contribution is -2.03. The second-order valence-corrected chi connectivity index (χ2v) is 4.61. The average Bonchev–Trinajstić information content (AvgIpc) is 2.68. The highest BCUT2D eigenvalue weighted by Gasteiger charge is 2.10. The standard InChI is InChI=1S/C12H10BrFN2O/c1-16-7-8(6-15-16)4-12(17)9-2-3-10(13)11(14)5-9/h2-3,5-7H,4H2,1H3. The number of hydrogen-bond donors (Lipinski definition) is 0. The molecule has 0 saturated carbocycles. The molecule has 0 aliphatic heterocycles. The highest BCUT2D eigenvalue weighted by molar-refractivity contribution is 9.10. The smallest absolute Gasteiger partial charge is 0.167 e. The van der Waals surface area contributed by atoms with E-state index < -0.39 is 5.82 Å². The fraction of sp³-hybridized carbons (Fsp3) is 0.167. The van der Waals surface area contributed by atoms with E-state index in [9.17, 15) is 9.18 Å². The zero-order valence-corrected chi connectivity index (χ0v) is 10.7. The van der Waals surface area contributed by atoms with Crippen molar-refractivity contribution in [3.05, 3.63) is 52.0 Å². The summed E-state index contributed by atoms with van der Waals surface area (Å²) in [4.78, 5) is 11.9. The minimum absolute atomic E-state index is 0.121. The van der Waals surface area contributed by atoms with Crippen molar-refractivity contribution in [3.63, 3.8) is 0 Å². The average molecular weight is 297 g/mol. The number of carbonyl (C=O) groups excluding carboxylic acids is 1. The van der Waals surface area contributed by atoms with Gasteiger partial charge in [-0.25, -0.2) is 4.39 Å². The summed E-state index contributed by atoms with van der Waals surface area (Å²) in [6, 6.07) is 4.38. The molecule has 0 radical (unpaired) electrons. The summed E-state index contributed by atoms with van der Waals surface area (Å²) in [5.74, 6) is -0.550. The van der Waals surface area contributed by atoms with Gasteiger partial charge < -0.3 is 0 Å². The van der Waals surface area contributed by atoms with E-state index in [0.717, 1.165) is 5.56 Å². The third kappa shape index (κ3) is 2.79. The maximum absolute atomic E-state index is 13.3. The van der Waals surface area contributed by atoms with Crippen molar-refractivity contribution in [1.29, 1.82) is 0 Å². The van der Waals surface area contributed by atoms with Gasteiger partial charge in [0.2, 0.25) is 0 Å². The Morgan fingerprint density at radius 1 is 1.53 bits per heavy atom. The number of aromatic nitrogens is 2. The molecule has 1 aromatic carbocycles. The van der Waals surface area contributed by atoms with E-state index in [4.69, 9.17) is 0 Å². The Labute approximate surface area is 106 Å². The molecule has 17 heavy (non-hydrogen) atoms. The molecule has 0 aliphatic rings. The zero-order valence-electron chi connectivity index (χ0n) is 9.15. The van der Waals surface area contributed by atoms with Gasteiger partial charge in [0.25, 0.3) is 0 Å². The topological polar surface area (TPSA) is 34.9 Å². The quantitative estimate of drug-likeness (QED) is 0.817. The van der Waals surface area contributed by atoms with Crippen LogP contribution < -0.4 is 0 Å². The van der Waals surface area contributed by atoms with E-state index in [1.165, 1.54) is 12.1 Å². The minimum Gasteiger partial charge on any atom is -0.294 e. The molecule has 5 heteroatoms. The van der Waals surface area contributed by atoms with Crippen LogP contribution in [-0.4, -0.2) is 15.6 Å². The Morgan fingerprint density at radius 2 is 2.29 bits per heavy atom. The molecular formula is C12H10BrFN2O. The number of aryl methyl sites for hydroxylation is 1. The summed E-state index contributed by atoms with van der Waals surface area (Å²) in [6.45, 7) is 0. The van der Waals surface area contributed by atoms with Gasteiger partial charge in [-0.3, -0.25) is 9.48 Å². The van der Waals surface area contributed by atoms with Crippen LogP contribution in [0.3, 0.4) is 0 Å². The molecule has 1 heterocycles. The number of rotatable bonds is 3. The lowest BCUT2D eigenvalue weighted by molar-refractivity contribution is 0.0992. The summed E-state index contributed by atoms with van der Waals surface area (Å²) in [5.41, 5.74) is 1.19. The van der Waals surface area contributed by atoms with Gasteiger partial charge in [-0.1, -0.05) is 6.07 Å². The molecule has 0 atom stereocenters. The molecule has 0 saturated heterocycles. The van der Waals surface area contributed by atoms with E-state index in [-0.39, 0.29) is 12.2 Å². The lowest BCUT2D eigenvalue weighted by atomic mass is 10.1. The van der Waals surface area contributed by atoms with Crippen LogP contribution in [0.4, 0.5) is 4.39 Å². The number of benzene rings is 1. The van der Waals surface area contributed by atoms with Gasteiger partial charge in [0.05, 0.1) is 10.7 Å². The first-order valence-electron chi connectivity index (χ1n) is 5.02. The van der Waals surface area contributed by atoms with Crippen LogP contribution in [0.2, 0.25) is 0 Å². The maximum atomic E-state index is 13.3. The Kier molecular flexibility index (Phi) is 3.38. The van der Waals surface area contributed by atoms with Crippen LogP contribution in [-0.2, 0) is 13.5 Å². The lowest BCUT2D eigenvalue weighted by Gasteiger charge is -2.00. The molecular weight excluding hydrogens is 287 g/mol. The Bertz CT molecular complexity index is 565. The van der Waals surface area contributed by atoms with Gasteiger partial charge in [-0.2, -0.15) is 5.10 Å². The van der Waals surface area contributed by atoms with Crippen LogP contribution in [0, 0.1) is 5.82 Å². The van der Waals surface area contributed by atoms with Crippen molar-refractivity contribution in [1.82, 2.24) is 9.78 Å². The van der Waals surface area contributed by atoms with Crippen LogP contribution in [0.25, 0.3) is 0 Å². The molecule has 1 aromatic heterocycles. The van der Waals surface area contributed by atoms with E-state index in [1.807, 2.05) is 0 Å². The Morgan fingerprint density at radius 3 is 2.88 bits per heavy atom. The van der Waals surface area contributed by atoms with Crippen molar-refractivity contribution in [2.45, 2.75) is 6.42 Å². The van der Waals surface area contributed by atoms with Crippen LogP contribution in [0.5, 0.6) is 0 Å². The second-order valence-electron chi connectivity index (χ2n) is 3.75. The summed E-state index contributed by atoms with van der Waals surface area (Å²) >= 11 is 3.05. The molecule has 0 N–H and O–H groups in total. The maximum Gasteiger partial charge on any atom is 0.167 e. The van der Waals surface area contributed by atoms with Crippen LogP contribution >= 0.6 is 15.9 Å². The van der Waals surface area contributed by atoms with Gasteiger partial charge in [-0.15, -0.1) is 0 Å². The van der Waals surface area contributed by atoms with Crippen molar-refractivity contribution < 1.29 is 9.18 Å². The van der Waals surface area contributed by atoms with Crippen LogP contribution in [0.15, 0.2) is 35.1 Å². The van der Waals surface area contributed by atoms with Crippen molar-refractivity contribution in [2.24, 2.45) is 7.05 Å².